The van der Waals surface area contributed by atoms with Gasteiger partial charge in [-0.05, 0) is 13.8 Å². The van der Waals surface area contributed by atoms with Crippen LogP contribution in [0.25, 0.3) is 0 Å². The lowest BCUT2D eigenvalue weighted by molar-refractivity contribution is -0.163. The van der Waals surface area contributed by atoms with Crippen molar-refractivity contribution >= 4 is 41.2 Å². The summed E-state index contributed by atoms with van der Waals surface area (Å²) in [4.78, 5) is 33.4. The van der Waals surface area contributed by atoms with E-state index in [-0.39, 0.29) is 23.6 Å². The molecule has 0 radical (unpaired) electrons. The molecular weight excluding hydrogens is 386 g/mol. The van der Waals surface area contributed by atoms with Crippen molar-refractivity contribution in [3.05, 3.63) is 10.6 Å². The molecule has 2 N–H and O–H groups in total. The van der Waals surface area contributed by atoms with Gasteiger partial charge in [0.15, 0.2) is 0 Å². The van der Waals surface area contributed by atoms with Crippen LogP contribution < -0.4 is 0 Å². The fraction of sp³-hybridized carbons (Fsp3) is 0.722. The number of carbonyl (C=O) groups excluding carboxylic acids is 1. The Balaban J connectivity index is 1.47. The van der Waals surface area contributed by atoms with Crippen LogP contribution in [0.4, 0.5) is 0 Å². The average molecular weight is 412 g/mol. The second-order valence-corrected chi connectivity index (χ2v) is 10.5. The maximum absolute atomic E-state index is 12.4. The van der Waals surface area contributed by atoms with E-state index in [1.807, 2.05) is 18.7 Å². The van der Waals surface area contributed by atoms with Gasteiger partial charge in [0.25, 0.3) is 0 Å². The minimum absolute atomic E-state index is 0.0612. The van der Waals surface area contributed by atoms with E-state index in [1.165, 1.54) is 4.90 Å². The van der Waals surface area contributed by atoms with Gasteiger partial charge < -0.3 is 20.0 Å². The lowest BCUT2D eigenvalue weighted by Crippen LogP contribution is -2.63. The van der Waals surface area contributed by atoms with Gasteiger partial charge in [0, 0.05) is 34.9 Å². The van der Waals surface area contributed by atoms with Crippen LogP contribution in [0, 0.1) is 11.8 Å². The molecule has 0 aromatic heterocycles. The molecule has 0 aromatic rings. The monoisotopic (exact) mass is 411 g/mol. The van der Waals surface area contributed by atoms with Gasteiger partial charge in [-0.2, -0.15) is 0 Å². The van der Waals surface area contributed by atoms with Gasteiger partial charge in [0.2, 0.25) is 5.91 Å². The summed E-state index contributed by atoms with van der Waals surface area (Å²) < 4.78 is 0. The molecule has 0 spiro atoms. The van der Waals surface area contributed by atoms with E-state index in [4.69, 9.17) is 0 Å². The van der Waals surface area contributed by atoms with Crippen LogP contribution >= 0.6 is 23.5 Å². The van der Waals surface area contributed by atoms with Gasteiger partial charge in [0.05, 0.1) is 29.9 Å². The number of carboxylic acids is 1. The van der Waals surface area contributed by atoms with Crippen molar-refractivity contribution in [2.75, 3.05) is 25.4 Å². The smallest absolute Gasteiger partial charge is 0.353 e. The number of carboxylic acid groups (broad SMARTS) is 1. The van der Waals surface area contributed by atoms with Crippen molar-refractivity contribution in [2.24, 2.45) is 16.8 Å². The maximum atomic E-state index is 12.4. The minimum Gasteiger partial charge on any atom is -0.477 e. The summed E-state index contributed by atoms with van der Waals surface area (Å²) in [7, 11) is 0. The first kappa shape index (κ1) is 19.1. The zero-order valence-corrected chi connectivity index (χ0v) is 17.3. The first-order valence-corrected chi connectivity index (χ1v) is 11.3. The number of likely N-dealkylation sites (tertiary alicyclic amines) is 1. The van der Waals surface area contributed by atoms with Crippen molar-refractivity contribution < 1.29 is 19.8 Å². The van der Waals surface area contributed by atoms with Crippen LogP contribution in [-0.2, 0) is 9.59 Å². The summed E-state index contributed by atoms with van der Waals surface area (Å²) in [6.45, 7) is 8.33. The molecule has 0 bridgehead atoms. The molecule has 27 heavy (non-hydrogen) atoms. The van der Waals surface area contributed by atoms with Crippen molar-refractivity contribution in [1.82, 2.24) is 9.80 Å². The van der Waals surface area contributed by atoms with Gasteiger partial charge in [-0.15, -0.1) is 23.5 Å². The highest BCUT2D eigenvalue weighted by molar-refractivity contribution is 8.03. The molecular formula is C18H25N3O4S2. The van der Waals surface area contributed by atoms with Crippen molar-refractivity contribution in [3.63, 3.8) is 0 Å². The lowest BCUT2D eigenvalue weighted by atomic mass is 9.79. The van der Waals surface area contributed by atoms with Crippen molar-refractivity contribution in [2.45, 2.75) is 43.4 Å². The Kier molecular flexibility index (Phi) is 4.97. The van der Waals surface area contributed by atoms with Crippen LogP contribution in [0.1, 0.15) is 20.8 Å². The highest BCUT2D eigenvalue weighted by Crippen LogP contribution is 2.52. The van der Waals surface area contributed by atoms with Gasteiger partial charge in [-0.1, -0.05) is 6.92 Å². The Labute approximate surface area is 167 Å². The average Bonchev–Trinajstić information content (AvgIpc) is 2.80. The molecule has 4 heterocycles. The molecule has 9 heteroatoms. The zero-order valence-electron chi connectivity index (χ0n) is 15.7. The van der Waals surface area contributed by atoms with Crippen LogP contribution in [0.3, 0.4) is 0 Å². The number of carbonyl (C=O) groups is 2. The number of amides is 1. The van der Waals surface area contributed by atoms with Gasteiger partial charge in [-0.3, -0.25) is 9.79 Å². The number of thioether (sulfide) groups is 2. The lowest BCUT2D eigenvalue weighted by Gasteiger charge is -2.46. The molecule has 7 nitrogen and oxygen atoms in total. The third kappa shape index (κ3) is 2.98. The predicted octanol–water partition coefficient (Wildman–Crippen LogP) is 1.09. The number of β-lactam (4-membered cyclic amide) rings is 1. The molecule has 2 fully saturated rings. The van der Waals surface area contributed by atoms with Crippen LogP contribution in [0.5, 0.6) is 0 Å². The van der Waals surface area contributed by atoms with Gasteiger partial charge in [0.1, 0.15) is 11.5 Å². The standard InChI is InChI=1S/C18H25N3O4S2/c1-8-13-12(9(2)22)17(23)21(13)14(18(24)25)15(8)27-11-6-20(7-11)16-10(3)26-5-4-19-16/h8-13,22H,4-7H2,1-3H3,(H,24,25)/t8-,9-,10+,12-,13-/m1/s1. The Hall–Kier alpha value is -1.19. The number of aliphatic imine (C=N–C) groups is 1. The van der Waals surface area contributed by atoms with Crippen molar-refractivity contribution in [1.29, 1.82) is 0 Å². The Bertz CT molecular complexity index is 732. The summed E-state index contributed by atoms with van der Waals surface area (Å²) in [6, 6.07) is -0.235. The molecule has 4 aliphatic heterocycles. The summed E-state index contributed by atoms with van der Waals surface area (Å²) in [5.74, 6) is 0.338. The van der Waals surface area contributed by atoms with Crippen LogP contribution in [0.2, 0.25) is 0 Å². The molecule has 2 saturated heterocycles. The Morgan fingerprint density at radius 2 is 2.07 bits per heavy atom. The van der Waals surface area contributed by atoms with Crippen LogP contribution in [0.15, 0.2) is 15.6 Å². The fourth-order valence-corrected chi connectivity index (χ4v) is 6.95. The van der Waals surface area contributed by atoms with E-state index < -0.39 is 18.0 Å². The zero-order chi connectivity index (χ0) is 19.5. The van der Waals surface area contributed by atoms with Crippen LogP contribution in [-0.4, -0.2) is 85.8 Å². The highest BCUT2D eigenvalue weighted by Gasteiger charge is 2.60. The number of aliphatic hydroxyl groups excluding tert-OH is 1. The first-order chi connectivity index (χ1) is 12.8. The molecule has 5 atom stereocenters. The number of rotatable bonds is 4. The van der Waals surface area contributed by atoms with E-state index in [2.05, 4.69) is 16.8 Å². The predicted molar refractivity (Wildman–Crippen MR) is 107 cm³/mol. The SMILES string of the molecule is C[C@@H]1SCCN=C1N1CC(SC2=C(C(=O)O)N3C(=O)[C@H]([C@@H](C)O)[C@H]3[C@H]2C)C1. The summed E-state index contributed by atoms with van der Waals surface area (Å²) >= 11 is 3.51. The van der Waals surface area contributed by atoms with Gasteiger partial charge in [-0.25, -0.2) is 4.79 Å². The third-order valence-electron chi connectivity index (χ3n) is 5.87. The highest BCUT2D eigenvalue weighted by atomic mass is 32.2. The second kappa shape index (κ2) is 7.00. The van der Waals surface area contributed by atoms with E-state index in [1.54, 1.807) is 18.7 Å². The number of fused-ring (bicyclic) bond motifs is 1. The second-order valence-electron chi connectivity index (χ2n) is 7.67. The topological polar surface area (TPSA) is 93.4 Å². The Morgan fingerprint density at radius 3 is 2.67 bits per heavy atom. The number of hydrogen-bond donors (Lipinski definition) is 2. The summed E-state index contributed by atoms with van der Waals surface area (Å²) in [5.41, 5.74) is 0.122. The van der Waals surface area contributed by atoms with Crippen molar-refractivity contribution in [3.8, 4) is 0 Å². The molecule has 4 rings (SSSR count). The van der Waals surface area contributed by atoms with Gasteiger partial charge >= 0.3 is 5.97 Å². The molecule has 0 unspecified atom stereocenters. The fourth-order valence-electron chi connectivity index (χ4n) is 4.51. The molecule has 148 valence electrons. The summed E-state index contributed by atoms with van der Waals surface area (Å²) in [5, 5.41) is 20.3. The molecule has 0 saturated carbocycles. The summed E-state index contributed by atoms with van der Waals surface area (Å²) in [6.07, 6.45) is -0.761. The molecule has 0 aliphatic carbocycles. The Morgan fingerprint density at radius 1 is 1.37 bits per heavy atom. The first-order valence-electron chi connectivity index (χ1n) is 9.37. The number of nitrogens with zero attached hydrogens (tertiary/aromatic N) is 3. The molecule has 1 amide bonds. The number of amidine groups is 1. The minimum atomic E-state index is -1.05. The van der Waals surface area contributed by atoms with E-state index in [0.717, 1.165) is 36.1 Å². The quantitative estimate of drug-likeness (QED) is 0.669. The molecule has 4 aliphatic rings. The van der Waals surface area contributed by atoms with E-state index >= 15 is 0 Å². The maximum Gasteiger partial charge on any atom is 0.353 e. The largest absolute Gasteiger partial charge is 0.477 e. The number of hydrogen-bond acceptors (Lipinski definition) is 7. The van der Waals surface area contributed by atoms with E-state index in [0.29, 0.717) is 10.5 Å². The molecule has 0 aromatic carbocycles. The van der Waals surface area contributed by atoms with E-state index in [9.17, 15) is 19.8 Å². The third-order valence-corrected chi connectivity index (χ3v) is 8.45. The normalized spacial score (nSPS) is 34.8. The number of aliphatic hydroxyl groups is 1. The number of aliphatic carboxylic acids is 1.